The number of hydrogen-bond acceptors (Lipinski definition) is 2. The number of carbonyl (C=O) groups excluding carboxylic acids is 1. The standard InChI is InChI=1S/C15H28N2O3/c1-4-7-12-8-5-6-9-17(12)15(20)16-13(14(18)19)10-11(2)3/h11-13H,4-10H2,1-3H3,(H,16,20)(H,18,19). The number of carboxylic acid groups (broad SMARTS) is 1. The van der Waals surface area contributed by atoms with Crippen LogP contribution in [0.2, 0.25) is 0 Å². The Hall–Kier alpha value is -1.26. The van der Waals surface area contributed by atoms with Gasteiger partial charge in [-0.15, -0.1) is 0 Å². The van der Waals surface area contributed by atoms with Crippen LogP contribution in [-0.4, -0.2) is 40.6 Å². The zero-order valence-electron chi connectivity index (χ0n) is 12.9. The van der Waals surface area contributed by atoms with Gasteiger partial charge in [-0.25, -0.2) is 9.59 Å². The van der Waals surface area contributed by atoms with Gasteiger partial charge in [-0.2, -0.15) is 0 Å². The molecule has 0 radical (unpaired) electrons. The summed E-state index contributed by atoms with van der Waals surface area (Å²) >= 11 is 0. The lowest BCUT2D eigenvalue weighted by Gasteiger charge is -2.36. The van der Waals surface area contributed by atoms with Crippen LogP contribution in [0.5, 0.6) is 0 Å². The average molecular weight is 284 g/mol. The summed E-state index contributed by atoms with van der Waals surface area (Å²) in [5.41, 5.74) is 0. The van der Waals surface area contributed by atoms with Crippen molar-refractivity contribution < 1.29 is 14.7 Å². The van der Waals surface area contributed by atoms with E-state index in [0.29, 0.717) is 6.42 Å². The zero-order chi connectivity index (χ0) is 15.1. The van der Waals surface area contributed by atoms with Crippen LogP contribution in [0, 0.1) is 5.92 Å². The van der Waals surface area contributed by atoms with E-state index in [1.54, 1.807) is 0 Å². The Kier molecular flexibility index (Phi) is 6.82. The van der Waals surface area contributed by atoms with Crippen LogP contribution >= 0.6 is 0 Å². The molecule has 0 aromatic heterocycles. The predicted octanol–water partition coefficient (Wildman–Crippen LogP) is 2.85. The van der Waals surface area contributed by atoms with Crippen LogP contribution in [-0.2, 0) is 4.79 Å². The topological polar surface area (TPSA) is 69.6 Å². The molecular formula is C15H28N2O3. The number of carboxylic acids is 1. The average Bonchev–Trinajstić information content (AvgIpc) is 2.38. The molecule has 2 atom stereocenters. The molecule has 2 amide bonds. The quantitative estimate of drug-likeness (QED) is 0.788. The van der Waals surface area contributed by atoms with Gasteiger partial charge in [0.15, 0.2) is 0 Å². The summed E-state index contributed by atoms with van der Waals surface area (Å²) in [4.78, 5) is 25.4. The first-order valence-electron chi connectivity index (χ1n) is 7.75. The fourth-order valence-corrected chi connectivity index (χ4v) is 2.83. The summed E-state index contributed by atoms with van der Waals surface area (Å²) in [6.07, 6.45) is 5.70. The number of rotatable bonds is 6. The van der Waals surface area contributed by atoms with E-state index in [0.717, 1.165) is 38.6 Å². The van der Waals surface area contributed by atoms with Gasteiger partial charge in [-0.05, 0) is 38.0 Å². The highest BCUT2D eigenvalue weighted by Gasteiger charge is 2.29. The number of piperidine rings is 1. The van der Waals surface area contributed by atoms with Gasteiger partial charge in [-0.3, -0.25) is 0 Å². The molecule has 1 heterocycles. The molecule has 116 valence electrons. The normalized spacial score (nSPS) is 20.8. The van der Waals surface area contributed by atoms with Crippen LogP contribution in [0.25, 0.3) is 0 Å². The molecule has 0 bridgehead atoms. The maximum absolute atomic E-state index is 12.3. The highest BCUT2D eigenvalue weighted by Crippen LogP contribution is 2.21. The molecule has 1 rings (SSSR count). The third kappa shape index (κ3) is 5.02. The number of nitrogens with one attached hydrogen (secondary N) is 1. The lowest BCUT2D eigenvalue weighted by Crippen LogP contribution is -2.53. The molecule has 2 N–H and O–H groups in total. The number of hydrogen-bond donors (Lipinski definition) is 2. The maximum atomic E-state index is 12.3. The van der Waals surface area contributed by atoms with E-state index in [9.17, 15) is 14.7 Å². The first-order valence-corrected chi connectivity index (χ1v) is 7.75. The van der Waals surface area contributed by atoms with Gasteiger partial charge in [0, 0.05) is 12.6 Å². The molecule has 0 aromatic rings. The van der Waals surface area contributed by atoms with Crippen molar-refractivity contribution in [3.05, 3.63) is 0 Å². The summed E-state index contributed by atoms with van der Waals surface area (Å²) in [6, 6.07) is -0.731. The van der Waals surface area contributed by atoms with Crippen LogP contribution in [0.1, 0.15) is 59.3 Å². The number of nitrogens with zero attached hydrogens (tertiary/aromatic N) is 1. The second-order valence-electron chi connectivity index (χ2n) is 6.10. The van der Waals surface area contributed by atoms with Crippen molar-refractivity contribution in [3.8, 4) is 0 Å². The maximum Gasteiger partial charge on any atom is 0.326 e. The van der Waals surface area contributed by atoms with Crippen molar-refractivity contribution >= 4 is 12.0 Å². The minimum Gasteiger partial charge on any atom is -0.480 e. The fraction of sp³-hybridized carbons (Fsp3) is 0.867. The fourth-order valence-electron chi connectivity index (χ4n) is 2.83. The molecule has 2 unspecified atom stereocenters. The number of amides is 2. The summed E-state index contributed by atoms with van der Waals surface area (Å²) in [6.45, 7) is 6.78. The van der Waals surface area contributed by atoms with Crippen LogP contribution in [0.3, 0.4) is 0 Å². The molecule has 0 aromatic carbocycles. The van der Waals surface area contributed by atoms with E-state index < -0.39 is 12.0 Å². The number of aliphatic carboxylic acids is 1. The van der Waals surface area contributed by atoms with Gasteiger partial charge in [-0.1, -0.05) is 27.2 Å². The monoisotopic (exact) mass is 284 g/mol. The summed E-state index contributed by atoms with van der Waals surface area (Å²) in [7, 11) is 0. The smallest absolute Gasteiger partial charge is 0.326 e. The number of likely N-dealkylation sites (tertiary alicyclic amines) is 1. The summed E-state index contributed by atoms with van der Waals surface area (Å²) in [5.74, 6) is -0.708. The molecular weight excluding hydrogens is 256 g/mol. The van der Waals surface area contributed by atoms with E-state index in [4.69, 9.17) is 0 Å². The molecule has 1 aliphatic rings. The predicted molar refractivity (Wildman–Crippen MR) is 78.7 cm³/mol. The molecule has 20 heavy (non-hydrogen) atoms. The molecule has 1 saturated heterocycles. The van der Waals surface area contributed by atoms with Gasteiger partial charge in [0.05, 0.1) is 0 Å². The molecule has 0 saturated carbocycles. The Morgan fingerprint density at radius 2 is 2.05 bits per heavy atom. The van der Waals surface area contributed by atoms with Crippen LogP contribution < -0.4 is 5.32 Å². The Balaban J connectivity index is 2.63. The van der Waals surface area contributed by atoms with Gasteiger partial charge < -0.3 is 15.3 Å². The molecule has 5 heteroatoms. The second kappa shape index (κ2) is 8.12. The Morgan fingerprint density at radius 3 is 2.60 bits per heavy atom. The first-order chi connectivity index (χ1) is 9.45. The third-order valence-electron chi connectivity index (χ3n) is 3.81. The lowest BCUT2D eigenvalue weighted by atomic mass is 9.98. The van der Waals surface area contributed by atoms with Crippen molar-refractivity contribution in [1.29, 1.82) is 0 Å². The molecule has 0 aliphatic carbocycles. The van der Waals surface area contributed by atoms with Crippen LogP contribution in [0.4, 0.5) is 4.79 Å². The largest absolute Gasteiger partial charge is 0.480 e. The van der Waals surface area contributed by atoms with Gasteiger partial charge in [0.1, 0.15) is 6.04 Å². The molecule has 1 fully saturated rings. The van der Waals surface area contributed by atoms with Crippen molar-refractivity contribution in [2.24, 2.45) is 5.92 Å². The van der Waals surface area contributed by atoms with E-state index in [1.165, 1.54) is 0 Å². The van der Waals surface area contributed by atoms with Crippen molar-refractivity contribution in [3.63, 3.8) is 0 Å². The van der Waals surface area contributed by atoms with E-state index in [2.05, 4.69) is 12.2 Å². The van der Waals surface area contributed by atoms with Gasteiger partial charge in [0.2, 0.25) is 0 Å². The molecule has 0 spiro atoms. The lowest BCUT2D eigenvalue weighted by molar-refractivity contribution is -0.139. The van der Waals surface area contributed by atoms with E-state index >= 15 is 0 Å². The minimum absolute atomic E-state index is 0.212. The van der Waals surface area contributed by atoms with Gasteiger partial charge in [0.25, 0.3) is 0 Å². The highest BCUT2D eigenvalue weighted by atomic mass is 16.4. The van der Waals surface area contributed by atoms with E-state index in [-0.39, 0.29) is 18.0 Å². The molecule has 5 nitrogen and oxygen atoms in total. The number of carbonyl (C=O) groups is 2. The Morgan fingerprint density at radius 1 is 1.35 bits per heavy atom. The SMILES string of the molecule is CCCC1CCCCN1C(=O)NC(CC(C)C)C(=O)O. The van der Waals surface area contributed by atoms with Crippen molar-refractivity contribution in [2.45, 2.75) is 71.4 Å². The highest BCUT2D eigenvalue weighted by molar-refractivity contribution is 5.82. The van der Waals surface area contributed by atoms with Gasteiger partial charge >= 0.3 is 12.0 Å². The zero-order valence-corrected chi connectivity index (χ0v) is 12.9. The summed E-state index contributed by atoms with van der Waals surface area (Å²) < 4.78 is 0. The van der Waals surface area contributed by atoms with E-state index in [1.807, 2.05) is 18.7 Å². The number of urea groups is 1. The van der Waals surface area contributed by atoms with Crippen molar-refractivity contribution in [1.82, 2.24) is 10.2 Å². The minimum atomic E-state index is -0.948. The van der Waals surface area contributed by atoms with Crippen LogP contribution in [0.15, 0.2) is 0 Å². The first kappa shape index (κ1) is 16.8. The third-order valence-corrected chi connectivity index (χ3v) is 3.81. The Labute approximate surface area is 121 Å². The second-order valence-corrected chi connectivity index (χ2v) is 6.10. The Bertz CT molecular complexity index is 329. The summed E-state index contributed by atoms with van der Waals surface area (Å²) in [5, 5.41) is 11.9. The molecule has 1 aliphatic heterocycles. The van der Waals surface area contributed by atoms with Crippen molar-refractivity contribution in [2.75, 3.05) is 6.54 Å².